The van der Waals surface area contributed by atoms with Crippen molar-refractivity contribution in [3.05, 3.63) is 35.4 Å². The van der Waals surface area contributed by atoms with Gasteiger partial charge in [-0.15, -0.1) is 0 Å². The van der Waals surface area contributed by atoms with Crippen molar-refractivity contribution in [2.24, 2.45) is 5.92 Å². The smallest absolute Gasteiger partial charge is 0.303 e. The van der Waals surface area contributed by atoms with Crippen LogP contribution in [0.25, 0.3) is 0 Å². The third-order valence-corrected chi connectivity index (χ3v) is 7.08. The molecule has 0 N–H and O–H groups in total. The topological polar surface area (TPSA) is 55.8 Å². The van der Waals surface area contributed by atoms with Gasteiger partial charge >= 0.3 is 5.97 Å². The van der Waals surface area contributed by atoms with Gasteiger partial charge in [0.25, 0.3) is 0 Å². The number of benzene rings is 1. The first-order valence-corrected chi connectivity index (χ1v) is 9.59. The Hall–Kier alpha value is -1.71. The Labute approximate surface area is 148 Å². The zero-order valence-electron chi connectivity index (χ0n) is 14.3. The largest absolute Gasteiger partial charge is 0.484 e. The highest BCUT2D eigenvalue weighted by atomic mass is 31.1. The van der Waals surface area contributed by atoms with E-state index in [1.807, 2.05) is 12.1 Å². The Morgan fingerprint density at radius 3 is 3.00 bits per heavy atom. The highest BCUT2D eigenvalue weighted by molar-refractivity contribution is 7.34. The van der Waals surface area contributed by atoms with Crippen molar-refractivity contribution >= 4 is 19.7 Å². The fraction of sp³-hybridized carbons (Fsp3) is 0.526. The van der Waals surface area contributed by atoms with Crippen LogP contribution in [-0.4, -0.2) is 42.7 Å². The van der Waals surface area contributed by atoms with Gasteiger partial charge in [-0.25, -0.2) is 0 Å². The number of piperidine rings is 1. The highest BCUT2D eigenvalue weighted by Gasteiger charge is 2.64. The molecule has 1 fully saturated rings. The second-order valence-corrected chi connectivity index (χ2v) is 8.27. The van der Waals surface area contributed by atoms with Crippen molar-refractivity contribution in [1.82, 2.24) is 4.90 Å². The summed E-state index contributed by atoms with van der Waals surface area (Å²) < 4.78 is 23.7. The van der Waals surface area contributed by atoms with Crippen LogP contribution in [0.3, 0.4) is 0 Å². The predicted octanol–water partition coefficient (Wildman–Crippen LogP) is 1.98. The summed E-state index contributed by atoms with van der Waals surface area (Å²) in [5.74, 6) is 0.787. The first kappa shape index (κ1) is 15.5. The molecule has 130 valence electrons. The number of carbonyl (C=O) groups excluding carboxylic acids is 1. The van der Waals surface area contributed by atoms with Gasteiger partial charge in [0.15, 0.2) is 14.6 Å². The molecule has 1 spiro atoms. The van der Waals surface area contributed by atoms with Gasteiger partial charge in [0.05, 0.1) is 5.30 Å². The molecular formula is C19H20NO4P. The molecule has 4 aliphatic rings. The molecule has 1 unspecified atom stereocenters. The van der Waals surface area contributed by atoms with E-state index in [1.54, 1.807) is 0 Å². The van der Waals surface area contributed by atoms with Crippen LogP contribution in [0.4, 0.5) is 0 Å². The molecule has 5 atom stereocenters. The highest BCUT2D eigenvalue weighted by Crippen LogP contribution is 2.60. The maximum atomic E-state index is 11.7. The number of likely N-dealkylation sites (N-methyl/N-ethyl adjacent to an activating group) is 1. The normalized spacial score (nSPS) is 37.5. The summed E-state index contributed by atoms with van der Waals surface area (Å²) in [6.45, 7) is 2.42. The van der Waals surface area contributed by atoms with E-state index in [0.29, 0.717) is 17.3 Å². The number of carbonyl (C=O) groups is 1. The van der Waals surface area contributed by atoms with Gasteiger partial charge < -0.3 is 14.4 Å². The number of nitrogens with zero attached hydrogens (tertiary/aromatic N) is 1. The van der Waals surface area contributed by atoms with Crippen LogP contribution in [0.2, 0.25) is 0 Å². The van der Waals surface area contributed by atoms with Gasteiger partial charge in [-0.2, -0.15) is 0 Å². The summed E-state index contributed by atoms with van der Waals surface area (Å²) in [5.41, 5.74) is 2.32. The summed E-state index contributed by atoms with van der Waals surface area (Å²) in [5, 5.41) is 0.695. The average Bonchev–Trinajstić information content (AvgIpc) is 2.94. The third-order valence-electron chi connectivity index (χ3n) is 6.53. The summed E-state index contributed by atoms with van der Waals surface area (Å²) in [4.78, 5) is 14.0. The van der Waals surface area contributed by atoms with E-state index in [2.05, 4.69) is 24.1 Å². The lowest BCUT2D eigenvalue weighted by Gasteiger charge is -2.56. The minimum atomic E-state index is -0.396. The molecule has 2 aliphatic heterocycles. The number of hydrogen-bond donors (Lipinski definition) is 0. The van der Waals surface area contributed by atoms with E-state index in [-0.39, 0.29) is 25.9 Å². The fourth-order valence-electron chi connectivity index (χ4n) is 5.58. The van der Waals surface area contributed by atoms with Gasteiger partial charge in [0.1, 0.15) is 11.9 Å². The van der Waals surface area contributed by atoms with Crippen LogP contribution in [0, 0.1) is 5.92 Å². The molecule has 0 radical (unpaired) electrons. The first-order chi connectivity index (χ1) is 12.1. The van der Waals surface area contributed by atoms with Crippen LogP contribution in [0.1, 0.15) is 24.5 Å². The van der Waals surface area contributed by atoms with Crippen LogP contribution < -0.4 is 10.0 Å². The number of esters is 1. The number of rotatable bonds is 2. The van der Waals surface area contributed by atoms with Crippen molar-refractivity contribution in [3.8, 4) is 5.75 Å². The number of hydrogen-bond acceptors (Lipinski definition) is 5. The molecule has 0 amide bonds. The molecule has 2 bridgehead atoms. The van der Waals surface area contributed by atoms with Crippen molar-refractivity contribution < 1.29 is 18.8 Å². The molecular weight excluding hydrogens is 337 g/mol. The Balaban J connectivity index is 1.75. The Morgan fingerprint density at radius 2 is 2.24 bits per heavy atom. The van der Waals surface area contributed by atoms with Crippen LogP contribution in [0.5, 0.6) is 5.75 Å². The lowest BCUT2D eigenvalue weighted by atomic mass is 9.53. The molecule has 6 heteroatoms. The van der Waals surface area contributed by atoms with Crippen molar-refractivity contribution in [1.29, 1.82) is 0 Å². The minimum Gasteiger partial charge on any atom is -0.484 e. The second-order valence-electron chi connectivity index (χ2n) is 7.60. The molecule has 2 heterocycles. The Kier molecular flexibility index (Phi) is 3.20. The minimum absolute atomic E-state index is 0.0298. The number of likely N-dealkylation sites (tertiary alicyclic amines) is 1. The summed E-state index contributed by atoms with van der Waals surface area (Å²) in [6, 6.07) is 4.43. The molecule has 25 heavy (non-hydrogen) atoms. The molecule has 0 aromatic heterocycles. The summed E-state index contributed by atoms with van der Waals surface area (Å²) in [7, 11) is 2.16. The number of ether oxygens (including phenoxy) is 2. The van der Waals surface area contributed by atoms with Gasteiger partial charge in [0, 0.05) is 29.9 Å². The maximum Gasteiger partial charge on any atom is 0.303 e. The molecule has 5 rings (SSSR count). The molecule has 1 aromatic carbocycles. The van der Waals surface area contributed by atoms with Crippen LogP contribution in [-0.2, 0) is 25.9 Å². The summed E-state index contributed by atoms with van der Waals surface area (Å²) in [6.07, 6.45) is 5.52. The SMILES string of the molecule is CC(=O)O[C@H]1C=C[C@H]2[C@H]3Cc4ccc(P=O)c5c4[C@@]2(CCN3C)C1O5. The Morgan fingerprint density at radius 1 is 1.40 bits per heavy atom. The molecule has 1 aromatic rings. The van der Waals surface area contributed by atoms with Crippen molar-refractivity contribution in [2.75, 3.05) is 13.6 Å². The van der Waals surface area contributed by atoms with E-state index in [0.717, 1.165) is 25.1 Å². The van der Waals surface area contributed by atoms with Gasteiger partial charge in [-0.05, 0) is 44.1 Å². The monoisotopic (exact) mass is 357 g/mol. The van der Waals surface area contributed by atoms with E-state index in [9.17, 15) is 9.36 Å². The van der Waals surface area contributed by atoms with E-state index in [1.165, 1.54) is 18.1 Å². The van der Waals surface area contributed by atoms with Gasteiger partial charge in [-0.3, -0.25) is 9.36 Å². The van der Waals surface area contributed by atoms with Gasteiger partial charge in [0.2, 0.25) is 0 Å². The first-order valence-electron chi connectivity index (χ1n) is 8.78. The standard InChI is InChI=1S/C19H20NO4P/c1-10(21)23-14-5-4-12-13-9-11-3-6-15(25-22)17-16(11)19(12,18(14)24-17)7-8-20(13)2/h3-6,12-14,18H,7-9H2,1-2H3/t12-,13+,14-,18?,19-/m0/s1. The molecule has 1 saturated heterocycles. The van der Waals surface area contributed by atoms with Crippen molar-refractivity contribution in [3.63, 3.8) is 0 Å². The lowest BCUT2D eigenvalue weighted by Crippen LogP contribution is -2.65. The van der Waals surface area contributed by atoms with E-state index >= 15 is 0 Å². The third kappa shape index (κ3) is 1.86. The van der Waals surface area contributed by atoms with Crippen LogP contribution in [0.15, 0.2) is 24.3 Å². The summed E-state index contributed by atoms with van der Waals surface area (Å²) >= 11 is 0. The van der Waals surface area contributed by atoms with E-state index < -0.39 is 6.10 Å². The Bertz CT molecular complexity index is 822. The predicted molar refractivity (Wildman–Crippen MR) is 92.7 cm³/mol. The van der Waals surface area contributed by atoms with Crippen molar-refractivity contribution in [2.45, 2.75) is 43.4 Å². The average molecular weight is 357 g/mol. The zero-order valence-corrected chi connectivity index (χ0v) is 15.2. The van der Waals surface area contributed by atoms with Crippen LogP contribution >= 0.6 is 8.46 Å². The molecule has 5 nitrogen and oxygen atoms in total. The van der Waals surface area contributed by atoms with E-state index in [4.69, 9.17) is 9.47 Å². The molecule has 0 saturated carbocycles. The zero-order chi connectivity index (χ0) is 17.3. The maximum absolute atomic E-state index is 11.7. The quantitative estimate of drug-likeness (QED) is 0.460. The van der Waals surface area contributed by atoms with Gasteiger partial charge in [-0.1, -0.05) is 12.1 Å². The fourth-order valence-corrected chi connectivity index (χ4v) is 5.97. The molecule has 2 aliphatic carbocycles. The second kappa shape index (κ2) is 5.15. The lowest BCUT2D eigenvalue weighted by molar-refractivity contribution is -0.152.